The lowest BCUT2D eigenvalue weighted by Gasteiger charge is -2.10. The van der Waals surface area contributed by atoms with E-state index in [2.05, 4.69) is 30.4 Å². The van der Waals surface area contributed by atoms with E-state index >= 15 is 0 Å². The average molecular weight is 246 g/mol. The molecule has 0 atom stereocenters. The number of ether oxygens (including phenoxy) is 1. The second-order valence-electron chi connectivity index (χ2n) is 4.50. The molecule has 4 heteroatoms. The molecule has 2 aromatic rings. The SMILES string of the molecule is CC(C)NCc1cccc(OCc2cnoc2)c1. The van der Waals surface area contributed by atoms with Crippen LogP contribution in [0, 0.1) is 0 Å². The first-order valence-corrected chi connectivity index (χ1v) is 6.07. The number of rotatable bonds is 6. The van der Waals surface area contributed by atoms with Crippen molar-refractivity contribution in [3.63, 3.8) is 0 Å². The van der Waals surface area contributed by atoms with Gasteiger partial charge >= 0.3 is 0 Å². The highest BCUT2D eigenvalue weighted by Crippen LogP contribution is 2.15. The molecule has 0 saturated carbocycles. The van der Waals surface area contributed by atoms with Crippen molar-refractivity contribution < 1.29 is 9.26 Å². The first kappa shape index (κ1) is 12.6. The van der Waals surface area contributed by atoms with Crippen LogP contribution in [0.2, 0.25) is 0 Å². The van der Waals surface area contributed by atoms with Crippen LogP contribution in [0.25, 0.3) is 0 Å². The molecule has 0 fully saturated rings. The molecule has 0 bridgehead atoms. The van der Waals surface area contributed by atoms with E-state index in [1.165, 1.54) is 5.56 Å². The Labute approximate surface area is 107 Å². The Balaban J connectivity index is 1.90. The van der Waals surface area contributed by atoms with E-state index in [1.807, 2.05) is 18.2 Å². The zero-order valence-electron chi connectivity index (χ0n) is 10.7. The Morgan fingerprint density at radius 3 is 2.94 bits per heavy atom. The molecule has 0 aliphatic carbocycles. The molecule has 18 heavy (non-hydrogen) atoms. The number of benzene rings is 1. The number of nitrogens with one attached hydrogen (secondary N) is 1. The number of hydrogen-bond acceptors (Lipinski definition) is 4. The van der Waals surface area contributed by atoms with Crippen LogP contribution in [0.5, 0.6) is 5.75 Å². The van der Waals surface area contributed by atoms with Crippen LogP contribution < -0.4 is 10.1 Å². The first-order chi connectivity index (χ1) is 8.74. The number of nitrogens with zero attached hydrogens (tertiary/aromatic N) is 1. The zero-order chi connectivity index (χ0) is 12.8. The molecule has 1 aromatic heterocycles. The molecule has 96 valence electrons. The summed E-state index contributed by atoms with van der Waals surface area (Å²) in [7, 11) is 0. The minimum atomic E-state index is 0.477. The summed E-state index contributed by atoms with van der Waals surface area (Å²) in [4.78, 5) is 0. The van der Waals surface area contributed by atoms with E-state index in [1.54, 1.807) is 12.5 Å². The summed E-state index contributed by atoms with van der Waals surface area (Å²) in [6.45, 7) is 5.59. The van der Waals surface area contributed by atoms with E-state index in [9.17, 15) is 0 Å². The van der Waals surface area contributed by atoms with Gasteiger partial charge in [-0.3, -0.25) is 0 Å². The smallest absolute Gasteiger partial charge is 0.130 e. The molecule has 1 aromatic carbocycles. The third kappa shape index (κ3) is 3.89. The van der Waals surface area contributed by atoms with Gasteiger partial charge in [0, 0.05) is 18.2 Å². The molecular weight excluding hydrogens is 228 g/mol. The van der Waals surface area contributed by atoms with E-state index in [4.69, 9.17) is 9.26 Å². The van der Waals surface area contributed by atoms with Gasteiger partial charge in [0.25, 0.3) is 0 Å². The molecule has 0 spiro atoms. The Morgan fingerprint density at radius 1 is 1.33 bits per heavy atom. The van der Waals surface area contributed by atoms with Crippen molar-refractivity contribution in [3.05, 3.63) is 47.9 Å². The van der Waals surface area contributed by atoms with Gasteiger partial charge < -0.3 is 14.6 Å². The van der Waals surface area contributed by atoms with Crippen molar-refractivity contribution in [2.45, 2.75) is 33.0 Å². The van der Waals surface area contributed by atoms with Crippen LogP contribution in [-0.4, -0.2) is 11.2 Å². The third-order valence-electron chi connectivity index (χ3n) is 2.50. The van der Waals surface area contributed by atoms with Crippen LogP contribution >= 0.6 is 0 Å². The Kier molecular flexibility index (Phi) is 4.36. The second kappa shape index (κ2) is 6.21. The summed E-state index contributed by atoms with van der Waals surface area (Å²) in [5.74, 6) is 0.860. The summed E-state index contributed by atoms with van der Waals surface area (Å²) in [6, 6.07) is 8.56. The van der Waals surface area contributed by atoms with Crippen molar-refractivity contribution in [1.29, 1.82) is 0 Å². The maximum atomic E-state index is 5.67. The topological polar surface area (TPSA) is 47.3 Å². The second-order valence-corrected chi connectivity index (χ2v) is 4.50. The van der Waals surface area contributed by atoms with E-state index in [0.717, 1.165) is 17.9 Å². The van der Waals surface area contributed by atoms with Gasteiger partial charge in [0.15, 0.2) is 0 Å². The van der Waals surface area contributed by atoms with Crippen LogP contribution in [0.3, 0.4) is 0 Å². The minimum Gasteiger partial charge on any atom is -0.489 e. The quantitative estimate of drug-likeness (QED) is 0.851. The van der Waals surface area contributed by atoms with E-state index in [0.29, 0.717) is 12.6 Å². The fraction of sp³-hybridized carbons (Fsp3) is 0.357. The van der Waals surface area contributed by atoms with Crippen molar-refractivity contribution >= 4 is 0 Å². The fourth-order valence-corrected chi connectivity index (χ4v) is 1.53. The highest BCUT2D eigenvalue weighted by atomic mass is 16.5. The predicted molar refractivity (Wildman–Crippen MR) is 69.3 cm³/mol. The molecule has 0 aliphatic rings. The van der Waals surface area contributed by atoms with E-state index in [-0.39, 0.29) is 0 Å². The van der Waals surface area contributed by atoms with Crippen LogP contribution in [0.1, 0.15) is 25.0 Å². The van der Waals surface area contributed by atoms with Crippen LogP contribution in [0.15, 0.2) is 41.2 Å². The highest BCUT2D eigenvalue weighted by Gasteiger charge is 2.00. The van der Waals surface area contributed by atoms with Gasteiger partial charge in [0.1, 0.15) is 18.6 Å². The maximum absolute atomic E-state index is 5.67. The molecule has 2 rings (SSSR count). The molecule has 0 amide bonds. The van der Waals surface area contributed by atoms with Gasteiger partial charge in [-0.15, -0.1) is 0 Å². The maximum Gasteiger partial charge on any atom is 0.130 e. The fourth-order valence-electron chi connectivity index (χ4n) is 1.53. The molecule has 1 N–H and O–H groups in total. The van der Waals surface area contributed by atoms with Crippen molar-refractivity contribution in [3.8, 4) is 5.75 Å². The Morgan fingerprint density at radius 2 is 2.22 bits per heavy atom. The summed E-state index contributed by atoms with van der Waals surface area (Å²) < 4.78 is 10.4. The van der Waals surface area contributed by atoms with Gasteiger partial charge in [-0.05, 0) is 17.7 Å². The lowest BCUT2D eigenvalue weighted by atomic mass is 10.2. The molecule has 0 aliphatic heterocycles. The summed E-state index contributed by atoms with van der Waals surface area (Å²) in [6.07, 6.45) is 3.24. The minimum absolute atomic E-state index is 0.477. The van der Waals surface area contributed by atoms with Gasteiger partial charge in [0.2, 0.25) is 0 Å². The van der Waals surface area contributed by atoms with Gasteiger partial charge in [-0.25, -0.2) is 0 Å². The monoisotopic (exact) mass is 246 g/mol. The zero-order valence-corrected chi connectivity index (χ0v) is 10.7. The van der Waals surface area contributed by atoms with Crippen molar-refractivity contribution in [2.24, 2.45) is 0 Å². The summed E-state index contributed by atoms with van der Waals surface area (Å²) in [5.41, 5.74) is 2.15. The molecule has 0 radical (unpaired) electrons. The molecule has 1 heterocycles. The average Bonchev–Trinajstić information content (AvgIpc) is 2.87. The number of aromatic nitrogens is 1. The molecule has 0 saturated heterocycles. The Bertz CT molecular complexity index is 466. The standard InChI is InChI=1S/C14H18N2O2/c1-11(2)15-7-12-4-3-5-14(6-12)17-9-13-8-16-18-10-13/h3-6,8,10-11,15H,7,9H2,1-2H3. The van der Waals surface area contributed by atoms with E-state index < -0.39 is 0 Å². The van der Waals surface area contributed by atoms with Crippen molar-refractivity contribution in [1.82, 2.24) is 10.5 Å². The lowest BCUT2D eigenvalue weighted by molar-refractivity contribution is 0.304. The largest absolute Gasteiger partial charge is 0.489 e. The highest BCUT2D eigenvalue weighted by molar-refractivity contribution is 5.28. The normalized spacial score (nSPS) is 10.8. The van der Waals surface area contributed by atoms with Crippen LogP contribution in [-0.2, 0) is 13.2 Å². The number of hydrogen-bond donors (Lipinski definition) is 1. The van der Waals surface area contributed by atoms with Crippen LogP contribution in [0.4, 0.5) is 0 Å². The summed E-state index contributed by atoms with van der Waals surface area (Å²) in [5, 5.41) is 7.01. The molecular formula is C14H18N2O2. The lowest BCUT2D eigenvalue weighted by Crippen LogP contribution is -2.21. The van der Waals surface area contributed by atoms with Crippen molar-refractivity contribution in [2.75, 3.05) is 0 Å². The van der Waals surface area contributed by atoms with Gasteiger partial charge in [-0.1, -0.05) is 31.1 Å². The molecule has 4 nitrogen and oxygen atoms in total. The van der Waals surface area contributed by atoms with Gasteiger partial charge in [-0.2, -0.15) is 0 Å². The van der Waals surface area contributed by atoms with Gasteiger partial charge in [0.05, 0.1) is 6.20 Å². The first-order valence-electron chi connectivity index (χ1n) is 6.07. The predicted octanol–water partition coefficient (Wildman–Crippen LogP) is 2.75. The molecule has 0 unspecified atom stereocenters. The Hall–Kier alpha value is -1.81. The third-order valence-corrected chi connectivity index (χ3v) is 2.50. The summed E-state index contributed by atoms with van der Waals surface area (Å²) >= 11 is 0.